The molecule has 0 aliphatic rings. The van der Waals surface area contributed by atoms with E-state index in [0.29, 0.717) is 0 Å². The summed E-state index contributed by atoms with van der Waals surface area (Å²) in [6.07, 6.45) is 3.75. The van der Waals surface area contributed by atoms with Gasteiger partial charge in [0, 0.05) is 27.2 Å². The smallest absolute Gasteiger partial charge is 0.0308 e. The summed E-state index contributed by atoms with van der Waals surface area (Å²) in [5.41, 5.74) is 0. The van der Waals surface area contributed by atoms with Crippen LogP contribution in [0, 0.1) is 0 Å². The molecule has 0 fully saturated rings. The van der Waals surface area contributed by atoms with Crippen LogP contribution in [0.1, 0.15) is 0 Å². The number of nitrogens with zero attached hydrogens (tertiary/aromatic N) is 2. The molecule has 0 heterocycles. The van der Waals surface area contributed by atoms with Gasteiger partial charge in [0.25, 0.3) is 0 Å². The highest BCUT2D eigenvalue weighted by atomic mass is 15.6. The Morgan fingerprint density at radius 3 is 1.50 bits per heavy atom. The third kappa shape index (κ3) is 3.43. The molecule has 2 nitrogen and oxygen atoms in total. The lowest BCUT2D eigenvalue weighted by molar-refractivity contribution is 0.0530. The van der Waals surface area contributed by atoms with Crippen molar-refractivity contribution in [2.75, 3.05) is 27.2 Å². The summed E-state index contributed by atoms with van der Waals surface area (Å²) in [4.78, 5) is 0. The fraction of sp³-hybridized carbons (Fsp3) is 0.500. The first-order chi connectivity index (χ1) is 4.72. The minimum atomic E-state index is 0.879. The molecule has 0 N–H and O–H groups in total. The lowest BCUT2D eigenvalue weighted by Crippen LogP contribution is -2.36. The zero-order chi connectivity index (χ0) is 7.98. The molecule has 0 aromatic heterocycles. The summed E-state index contributed by atoms with van der Waals surface area (Å²) in [6, 6.07) is 0. The van der Waals surface area contributed by atoms with Gasteiger partial charge in [0.15, 0.2) is 0 Å². The predicted octanol–water partition coefficient (Wildman–Crippen LogP) is 1.14. The summed E-state index contributed by atoms with van der Waals surface area (Å²) in [7, 11) is 4.04. The van der Waals surface area contributed by atoms with Gasteiger partial charge in [-0.2, -0.15) is 0 Å². The maximum atomic E-state index is 3.65. The largest absolute Gasteiger partial charge is 0.241 e. The molecule has 0 spiro atoms. The first kappa shape index (κ1) is 9.40. The SMILES string of the molecule is C=CCN(C)N(C)CC=C. The highest BCUT2D eigenvalue weighted by Gasteiger charge is 1.98. The van der Waals surface area contributed by atoms with E-state index in [2.05, 4.69) is 23.2 Å². The molecule has 0 aliphatic carbocycles. The lowest BCUT2D eigenvalue weighted by atomic mass is 10.6. The van der Waals surface area contributed by atoms with Crippen molar-refractivity contribution < 1.29 is 0 Å². The highest BCUT2D eigenvalue weighted by Crippen LogP contribution is 1.89. The van der Waals surface area contributed by atoms with Crippen molar-refractivity contribution in [2.45, 2.75) is 0 Å². The van der Waals surface area contributed by atoms with Crippen LogP contribution in [0.5, 0.6) is 0 Å². The molecule has 0 radical (unpaired) electrons. The van der Waals surface area contributed by atoms with Crippen LogP contribution in [0.4, 0.5) is 0 Å². The molecular weight excluding hydrogens is 124 g/mol. The second kappa shape index (κ2) is 5.21. The summed E-state index contributed by atoms with van der Waals surface area (Å²) < 4.78 is 0. The van der Waals surface area contributed by atoms with E-state index in [1.807, 2.05) is 26.2 Å². The summed E-state index contributed by atoms with van der Waals surface area (Å²) in [5.74, 6) is 0. The Balaban J connectivity index is 3.56. The van der Waals surface area contributed by atoms with Crippen LogP contribution < -0.4 is 0 Å². The summed E-state index contributed by atoms with van der Waals surface area (Å²) in [6.45, 7) is 9.06. The van der Waals surface area contributed by atoms with E-state index in [1.165, 1.54) is 0 Å². The maximum absolute atomic E-state index is 3.65. The van der Waals surface area contributed by atoms with Crippen LogP contribution in [0.15, 0.2) is 25.3 Å². The van der Waals surface area contributed by atoms with Crippen LogP contribution in [0.25, 0.3) is 0 Å². The Kier molecular flexibility index (Phi) is 4.89. The second-order valence-corrected chi connectivity index (χ2v) is 2.26. The Labute approximate surface area is 63.4 Å². The third-order valence-corrected chi connectivity index (χ3v) is 1.37. The average molecular weight is 140 g/mol. The summed E-state index contributed by atoms with van der Waals surface area (Å²) in [5, 5.41) is 4.16. The van der Waals surface area contributed by atoms with Gasteiger partial charge in [-0.3, -0.25) is 0 Å². The Morgan fingerprint density at radius 1 is 1.00 bits per heavy atom. The van der Waals surface area contributed by atoms with Gasteiger partial charge in [-0.25, -0.2) is 10.0 Å². The first-order valence-corrected chi connectivity index (χ1v) is 3.36. The van der Waals surface area contributed by atoms with Crippen molar-refractivity contribution >= 4 is 0 Å². The molecule has 0 atom stereocenters. The molecule has 2 heteroatoms. The van der Waals surface area contributed by atoms with Gasteiger partial charge in [-0.15, -0.1) is 13.2 Å². The quantitative estimate of drug-likeness (QED) is 0.417. The van der Waals surface area contributed by atoms with E-state index in [-0.39, 0.29) is 0 Å². The molecular formula is C8H16N2. The fourth-order valence-corrected chi connectivity index (χ4v) is 0.652. The van der Waals surface area contributed by atoms with E-state index < -0.39 is 0 Å². The zero-order valence-electron chi connectivity index (χ0n) is 6.88. The van der Waals surface area contributed by atoms with Crippen LogP contribution in [0.3, 0.4) is 0 Å². The van der Waals surface area contributed by atoms with Crippen LogP contribution in [-0.2, 0) is 0 Å². The van der Waals surface area contributed by atoms with E-state index in [0.717, 1.165) is 13.1 Å². The molecule has 0 aliphatic heterocycles. The van der Waals surface area contributed by atoms with Crippen molar-refractivity contribution in [2.24, 2.45) is 0 Å². The van der Waals surface area contributed by atoms with Gasteiger partial charge in [-0.1, -0.05) is 12.2 Å². The third-order valence-electron chi connectivity index (χ3n) is 1.37. The monoisotopic (exact) mass is 140 g/mol. The second-order valence-electron chi connectivity index (χ2n) is 2.26. The number of rotatable bonds is 5. The molecule has 10 heavy (non-hydrogen) atoms. The molecule has 58 valence electrons. The van der Waals surface area contributed by atoms with Gasteiger partial charge in [0.2, 0.25) is 0 Å². The standard InChI is InChI=1S/C8H16N2/c1-5-7-9(3)10(4)8-6-2/h5-6H,1-2,7-8H2,3-4H3. The van der Waals surface area contributed by atoms with E-state index in [4.69, 9.17) is 0 Å². The molecule has 0 unspecified atom stereocenters. The van der Waals surface area contributed by atoms with Gasteiger partial charge in [-0.05, 0) is 0 Å². The average Bonchev–Trinajstić information content (AvgIpc) is 1.89. The van der Waals surface area contributed by atoms with Gasteiger partial charge in [0.05, 0.1) is 0 Å². The minimum Gasteiger partial charge on any atom is -0.241 e. The lowest BCUT2D eigenvalue weighted by Gasteiger charge is -2.25. The molecule has 0 bridgehead atoms. The van der Waals surface area contributed by atoms with Gasteiger partial charge < -0.3 is 0 Å². The zero-order valence-corrected chi connectivity index (χ0v) is 6.88. The molecule has 0 rings (SSSR count). The molecule has 0 aromatic rings. The molecule has 0 saturated carbocycles. The van der Waals surface area contributed by atoms with Crippen LogP contribution in [0.2, 0.25) is 0 Å². The minimum absolute atomic E-state index is 0.879. The van der Waals surface area contributed by atoms with E-state index >= 15 is 0 Å². The highest BCUT2D eigenvalue weighted by molar-refractivity contribution is 4.73. The number of likely N-dealkylation sites (N-methyl/N-ethyl adjacent to an activating group) is 2. The fourth-order valence-electron chi connectivity index (χ4n) is 0.652. The topological polar surface area (TPSA) is 6.48 Å². The van der Waals surface area contributed by atoms with Crippen LogP contribution >= 0.6 is 0 Å². The molecule has 0 saturated heterocycles. The van der Waals surface area contributed by atoms with E-state index in [9.17, 15) is 0 Å². The molecule has 0 aromatic carbocycles. The number of hydrogen-bond donors (Lipinski definition) is 0. The van der Waals surface area contributed by atoms with Gasteiger partial charge in [0.1, 0.15) is 0 Å². The van der Waals surface area contributed by atoms with Crippen molar-refractivity contribution in [3.05, 3.63) is 25.3 Å². The van der Waals surface area contributed by atoms with Crippen molar-refractivity contribution in [3.8, 4) is 0 Å². The first-order valence-electron chi connectivity index (χ1n) is 3.36. The number of hydrogen-bond acceptors (Lipinski definition) is 2. The normalized spacial score (nSPS) is 10.4. The van der Waals surface area contributed by atoms with Crippen molar-refractivity contribution in [1.82, 2.24) is 10.0 Å². The van der Waals surface area contributed by atoms with Crippen molar-refractivity contribution in [3.63, 3.8) is 0 Å². The Hall–Kier alpha value is -0.600. The van der Waals surface area contributed by atoms with Gasteiger partial charge >= 0.3 is 0 Å². The van der Waals surface area contributed by atoms with E-state index in [1.54, 1.807) is 0 Å². The predicted molar refractivity (Wildman–Crippen MR) is 45.7 cm³/mol. The summed E-state index contributed by atoms with van der Waals surface area (Å²) >= 11 is 0. The van der Waals surface area contributed by atoms with Crippen molar-refractivity contribution in [1.29, 1.82) is 0 Å². The number of hydrazine groups is 1. The maximum Gasteiger partial charge on any atom is 0.0308 e. The Morgan fingerprint density at radius 2 is 1.30 bits per heavy atom. The van der Waals surface area contributed by atoms with Crippen LogP contribution in [-0.4, -0.2) is 37.2 Å². The molecule has 0 amide bonds. The Bertz CT molecular complexity index is 95.8.